The Kier molecular flexibility index (Phi) is 3.84. The molecule has 1 aromatic rings. The van der Waals surface area contributed by atoms with E-state index in [2.05, 4.69) is 15.5 Å². The quantitative estimate of drug-likeness (QED) is 0.579. The van der Waals surface area contributed by atoms with Crippen molar-refractivity contribution in [2.75, 3.05) is 5.75 Å². The largest absolute Gasteiger partial charge is 0.368 e. The number of tetrazole rings is 1. The summed E-state index contributed by atoms with van der Waals surface area (Å²) in [5.74, 6) is 0.180. The van der Waals surface area contributed by atoms with Gasteiger partial charge in [0.25, 0.3) is 0 Å². The fourth-order valence-electron chi connectivity index (χ4n) is 0.763. The second-order valence-corrected chi connectivity index (χ2v) is 3.79. The third kappa shape index (κ3) is 2.96. The number of nitrogens with two attached hydrogens (primary N) is 2. The number of carbonyl (C=O) groups is 1. The van der Waals surface area contributed by atoms with Gasteiger partial charge in [-0.05, 0) is 16.8 Å². The number of primary amides is 1. The van der Waals surface area contributed by atoms with Crippen LogP contribution in [0.2, 0.25) is 0 Å². The third-order valence-corrected chi connectivity index (χ3v) is 2.65. The van der Waals surface area contributed by atoms with E-state index in [9.17, 15) is 4.79 Å². The molecule has 0 aliphatic carbocycles. The van der Waals surface area contributed by atoms with Gasteiger partial charge in [-0.1, -0.05) is 11.8 Å². The molecule has 0 radical (unpaired) electrons. The van der Waals surface area contributed by atoms with Crippen LogP contribution < -0.4 is 11.5 Å². The Bertz CT molecular complexity index is 313. The number of amides is 1. The molecule has 1 aromatic heterocycles. The Morgan fingerprint density at radius 1 is 1.71 bits per heavy atom. The lowest BCUT2D eigenvalue weighted by Crippen LogP contribution is -2.36. The number of aryl methyl sites for hydroxylation is 1. The maximum absolute atomic E-state index is 10.6. The summed E-state index contributed by atoms with van der Waals surface area (Å²) in [4.78, 5) is 10.6. The SMILES string of the molecule is Cn1nnnc1SCCC(N)C(N)=O. The highest BCUT2D eigenvalue weighted by molar-refractivity contribution is 7.99. The first-order chi connectivity index (χ1) is 6.61. The van der Waals surface area contributed by atoms with E-state index in [0.29, 0.717) is 17.3 Å². The number of aromatic nitrogens is 4. The van der Waals surface area contributed by atoms with Crippen LogP contribution in [0.25, 0.3) is 0 Å². The molecule has 78 valence electrons. The minimum atomic E-state index is -0.594. The fraction of sp³-hybridized carbons (Fsp3) is 0.667. The monoisotopic (exact) mass is 216 g/mol. The van der Waals surface area contributed by atoms with Crippen LogP contribution in [-0.4, -0.2) is 37.9 Å². The van der Waals surface area contributed by atoms with E-state index in [1.165, 1.54) is 11.8 Å². The molecule has 0 aliphatic rings. The van der Waals surface area contributed by atoms with E-state index < -0.39 is 11.9 Å². The number of thioether (sulfide) groups is 1. The Hall–Kier alpha value is -1.15. The van der Waals surface area contributed by atoms with Crippen molar-refractivity contribution in [2.24, 2.45) is 18.5 Å². The maximum Gasteiger partial charge on any atom is 0.234 e. The fourth-order valence-corrected chi connectivity index (χ4v) is 1.63. The van der Waals surface area contributed by atoms with Crippen molar-refractivity contribution in [3.63, 3.8) is 0 Å². The summed E-state index contributed by atoms with van der Waals surface area (Å²) in [7, 11) is 1.75. The number of rotatable bonds is 5. The highest BCUT2D eigenvalue weighted by atomic mass is 32.2. The van der Waals surface area contributed by atoms with Gasteiger partial charge >= 0.3 is 0 Å². The number of hydrogen-bond donors (Lipinski definition) is 2. The molecule has 1 heterocycles. The molecule has 1 atom stereocenters. The van der Waals surface area contributed by atoms with Crippen LogP contribution in [0.4, 0.5) is 0 Å². The molecule has 0 aromatic carbocycles. The molecule has 1 unspecified atom stereocenters. The molecule has 4 N–H and O–H groups in total. The van der Waals surface area contributed by atoms with Crippen molar-refractivity contribution < 1.29 is 4.79 Å². The number of carbonyl (C=O) groups excluding carboxylic acids is 1. The molecule has 7 nitrogen and oxygen atoms in total. The molecule has 0 bridgehead atoms. The lowest BCUT2D eigenvalue weighted by atomic mass is 10.2. The Morgan fingerprint density at radius 2 is 2.43 bits per heavy atom. The molecular formula is C6H12N6OS. The average Bonchev–Trinajstić information content (AvgIpc) is 2.51. The van der Waals surface area contributed by atoms with Crippen LogP contribution in [0, 0.1) is 0 Å². The van der Waals surface area contributed by atoms with Gasteiger partial charge in [0.1, 0.15) is 0 Å². The Balaban J connectivity index is 2.29. The van der Waals surface area contributed by atoms with Crippen LogP contribution >= 0.6 is 11.8 Å². The first kappa shape index (κ1) is 10.9. The second kappa shape index (κ2) is 4.91. The van der Waals surface area contributed by atoms with Gasteiger partial charge < -0.3 is 11.5 Å². The molecule has 0 aliphatic heterocycles. The van der Waals surface area contributed by atoms with E-state index in [0.717, 1.165) is 0 Å². The molecule has 14 heavy (non-hydrogen) atoms. The van der Waals surface area contributed by atoms with Crippen LogP contribution in [0.5, 0.6) is 0 Å². The van der Waals surface area contributed by atoms with Crippen LogP contribution in [0.3, 0.4) is 0 Å². The van der Waals surface area contributed by atoms with Crippen LogP contribution in [0.15, 0.2) is 5.16 Å². The minimum Gasteiger partial charge on any atom is -0.368 e. The lowest BCUT2D eigenvalue weighted by Gasteiger charge is -2.05. The van der Waals surface area contributed by atoms with Gasteiger partial charge in [-0.15, -0.1) is 5.10 Å². The first-order valence-corrected chi connectivity index (χ1v) is 5.00. The average molecular weight is 216 g/mol. The highest BCUT2D eigenvalue weighted by Gasteiger charge is 2.10. The van der Waals surface area contributed by atoms with Crippen molar-refractivity contribution in [1.29, 1.82) is 0 Å². The van der Waals surface area contributed by atoms with Gasteiger partial charge in [0, 0.05) is 12.8 Å². The van der Waals surface area contributed by atoms with Crippen molar-refractivity contribution in [3.05, 3.63) is 0 Å². The minimum absolute atomic E-state index is 0.485. The summed E-state index contributed by atoms with van der Waals surface area (Å²) < 4.78 is 1.56. The molecule has 1 rings (SSSR count). The molecule has 0 saturated carbocycles. The van der Waals surface area contributed by atoms with Gasteiger partial charge in [0.05, 0.1) is 6.04 Å². The molecule has 8 heteroatoms. The lowest BCUT2D eigenvalue weighted by molar-refractivity contribution is -0.119. The van der Waals surface area contributed by atoms with Crippen molar-refractivity contribution in [1.82, 2.24) is 20.2 Å². The summed E-state index contributed by atoms with van der Waals surface area (Å²) in [6, 6.07) is -0.594. The summed E-state index contributed by atoms with van der Waals surface area (Å²) in [6.45, 7) is 0. The zero-order valence-corrected chi connectivity index (χ0v) is 8.57. The zero-order valence-electron chi connectivity index (χ0n) is 7.75. The maximum atomic E-state index is 10.6. The number of nitrogens with zero attached hydrogens (tertiary/aromatic N) is 4. The van der Waals surface area contributed by atoms with E-state index in [-0.39, 0.29) is 0 Å². The summed E-state index contributed by atoms with van der Waals surface area (Å²) in [6.07, 6.45) is 0.521. The Labute approximate surface area is 85.2 Å². The van der Waals surface area contributed by atoms with Crippen LogP contribution in [0.1, 0.15) is 6.42 Å². The van der Waals surface area contributed by atoms with Crippen molar-refractivity contribution in [3.8, 4) is 0 Å². The predicted octanol–water partition coefficient (Wildman–Crippen LogP) is -1.50. The molecule has 0 fully saturated rings. The predicted molar refractivity (Wildman–Crippen MR) is 51.3 cm³/mol. The van der Waals surface area contributed by atoms with E-state index in [4.69, 9.17) is 11.5 Å². The second-order valence-electron chi connectivity index (χ2n) is 2.73. The van der Waals surface area contributed by atoms with Crippen molar-refractivity contribution >= 4 is 17.7 Å². The van der Waals surface area contributed by atoms with E-state index >= 15 is 0 Å². The molecule has 0 saturated heterocycles. The zero-order chi connectivity index (χ0) is 10.6. The van der Waals surface area contributed by atoms with Crippen LogP contribution in [-0.2, 0) is 11.8 Å². The summed E-state index contributed by atoms with van der Waals surface area (Å²) in [5, 5.41) is 11.6. The van der Waals surface area contributed by atoms with Gasteiger partial charge in [0.15, 0.2) is 0 Å². The molecule has 0 spiro atoms. The normalized spacial score (nSPS) is 12.7. The first-order valence-electron chi connectivity index (χ1n) is 4.01. The topological polar surface area (TPSA) is 113 Å². The van der Waals surface area contributed by atoms with Gasteiger partial charge in [-0.3, -0.25) is 4.79 Å². The smallest absolute Gasteiger partial charge is 0.234 e. The van der Waals surface area contributed by atoms with Crippen molar-refractivity contribution in [2.45, 2.75) is 17.6 Å². The standard InChI is InChI=1S/C6H12N6OS/c1-12-6(9-10-11-12)14-3-2-4(7)5(8)13/h4H,2-3,7H2,1H3,(H2,8,13). The number of hydrogen-bond acceptors (Lipinski definition) is 6. The van der Waals surface area contributed by atoms with E-state index in [1.807, 2.05) is 0 Å². The van der Waals surface area contributed by atoms with E-state index in [1.54, 1.807) is 11.7 Å². The highest BCUT2D eigenvalue weighted by Crippen LogP contribution is 2.13. The van der Waals surface area contributed by atoms with Gasteiger partial charge in [0.2, 0.25) is 11.1 Å². The van der Waals surface area contributed by atoms with Gasteiger partial charge in [-0.2, -0.15) is 0 Å². The summed E-state index contributed by atoms with van der Waals surface area (Å²) >= 11 is 1.44. The Morgan fingerprint density at radius 3 is 2.93 bits per heavy atom. The van der Waals surface area contributed by atoms with Gasteiger partial charge in [-0.25, -0.2) is 4.68 Å². The molecular weight excluding hydrogens is 204 g/mol. The molecule has 1 amide bonds. The third-order valence-electron chi connectivity index (χ3n) is 1.61. The summed E-state index contributed by atoms with van der Waals surface area (Å²) in [5.41, 5.74) is 10.5.